The van der Waals surface area contributed by atoms with Crippen LogP contribution in [0.3, 0.4) is 0 Å². The molecule has 1 amide bonds. The Morgan fingerprint density at radius 3 is 3.00 bits per heavy atom. The van der Waals surface area contributed by atoms with Crippen LogP contribution in [0.2, 0.25) is 0 Å². The van der Waals surface area contributed by atoms with Crippen LogP contribution in [0.5, 0.6) is 0 Å². The molecule has 2 N–H and O–H groups in total. The molecule has 102 valence electrons. The average Bonchev–Trinajstić information content (AvgIpc) is 2.70. The SMILES string of the molecule is CCCNC(=O)C(C)n1c(=S)[nH]c2cc(Br)ccc21. The molecule has 2 rings (SSSR count). The second kappa shape index (κ2) is 5.88. The van der Waals surface area contributed by atoms with Gasteiger partial charge in [0.1, 0.15) is 6.04 Å². The number of carbonyl (C=O) groups is 1. The van der Waals surface area contributed by atoms with Crippen LogP contribution in [0.1, 0.15) is 26.3 Å². The van der Waals surface area contributed by atoms with Crippen LogP contribution in [-0.4, -0.2) is 22.0 Å². The van der Waals surface area contributed by atoms with Gasteiger partial charge in [-0.15, -0.1) is 0 Å². The van der Waals surface area contributed by atoms with Gasteiger partial charge in [-0.1, -0.05) is 22.9 Å². The Hall–Kier alpha value is -1.14. The van der Waals surface area contributed by atoms with Gasteiger partial charge in [-0.3, -0.25) is 4.79 Å². The van der Waals surface area contributed by atoms with Gasteiger partial charge in [0, 0.05) is 11.0 Å². The van der Waals surface area contributed by atoms with E-state index in [2.05, 4.69) is 26.2 Å². The molecule has 1 atom stereocenters. The molecule has 4 nitrogen and oxygen atoms in total. The molecule has 0 aliphatic rings. The summed E-state index contributed by atoms with van der Waals surface area (Å²) in [5.41, 5.74) is 1.86. The molecule has 0 aliphatic heterocycles. The van der Waals surface area contributed by atoms with Gasteiger partial charge in [0.15, 0.2) is 4.77 Å². The van der Waals surface area contributed by atoms with E-state index < -0.39 is 0 Å². The van der Waals surface area contributed by atoms with Crippen molar-refractivity contribution in [1.29, 1.82) is 0 Å². The predicted octanol–water partition coefficient (Wildman–Crippen LogP) is 3.55. The van der Waals surface area contributed by atoms with Gasteiger partial charge in [-0.2, -0.15) is 0 Å². The topological polar surface area (TPSA) is 49.8 Å². The third-order valence-electron chi connectivity index (χ3n) is 2.99. The smallest absolute Gasteiger partial charge is 0.242 e. The van der Waals surface area contributed by atoms with Gasteiger partial charge >= 0.3 is 0 Å². The highest BCUT2D eigenvalue weighted by atomic mass is 79.9. The van der Waals surface area contributed by atoms with Crippen molar-refractivity contribution in [3.63, 3.8) is 0 Å². The molecule has 0 saturated heterocycles. The van der Waals surface area contributed by atoms with Crippen LogP contribution in [-0.2, 0) is 4.79 Å². The Labute approximate surface area is 125 Å². The van der Waals surface area contributed by atoms with Crippen molar-refractivity contribution in [2.75, 3.05) is 6.54 Å². The van der Waals surface area contributed by atoms with E-state index in [0.29, 0.717) is 11.3 Å². The average molecular weight is 342 g/mol. The van der Waals surface area contributed by atoms with Gasteiger partial charge in [0.05, 0.1) is 11.0 Å². The van der Waals surface area contributed by atoms with Crippen molar-refractivity contribution in [2.24, 2.45) is 0 Å². The van der Waals surface area contributed by atoms with Crippen molar-refractivity contribution in [3.8, 4) is 0 Å². The maximum atomic E-state index is 12.1. The van der Waals surface area contributed by atoms with E-state index in [1.807, 2.05) is 36.6 Å². The number of fused-ring (bicyclic) bond motifs is 1. The first-order valence-electron chi connectivity index (χ1n) is 6.22. The molecule has 1 heterocycles. The Bertz CT molecular complexity index is 661. The van der Waals surface area contributed by atoms with Crippen LogP contribution in [0, 0.1) is 4.77 Å². The standard InChI is InChI=1S/C13H16BrN3OS/c1-3-6-15-12(18)8(2)17-11-5-4-9(14)7-10(11)16-13(17)19/h4-5,7-8H,3,6H2,1-2H3,(H,15,18)(H,16,19). The number of nitrogens with zero attached hydrogens (tertiary/aromatic N) is 1. The number of nitrogens with one attached hydrogen (secondary N) is 2. The van der Waals surface area contributed by atoms with Crippen molar-refractivity contribution < 1.29 is 4.79 Å². The molecule has 6 heteroatoms. The minimum absolute atomic E-state index is 0.0123. The summed E-state index contributed by atoms with van der Waals surface area (Å²) in [6.07, 6.45) is 0.921. The van der Waals surface area contributed by atoms with E-state index >= 15 is 0 Å². The number of imidazole rings is 1. The fourth-order valence-electron chi connectivity index (χ4n) is 2.00. The highest BCUT2D eigenvalue weighted by molar-refractivity contribution is 9.10. The Balaban J connectivity index is 2.41. The maximum absolute atomic E-state index is 12.1. The Morgan fingerprint density at radius 2 is 2.32 bits per heavy atom. The van der Waals surface area contributed by atoms with E-state index in [9.17, 15) is 4.79 Å². The van der Waals surface area contributed by atoms with Crippen LogP contribution >= 0.6 is 28.1 Å². The molecule has 0 fully saturated rings. The van der Waals surface area contributed by atoms with Gasteiger partial charge < -0.3 is 14.9 Å². The highest BCUT2D eigenvalue weighted by Crippen LogP contribution is 2.22. The summed E-state index contributed by atoms with van der Waals surface area (Å²) in [6, 6.07) is 5.53. The zero-order valence-corrected chi connectivity index (χ0v) is 13.3. The minimum atomic E-state index is -0.325. The van der Waals surface area contributed by atoms with Crippen LogP contribution in [0.25, 0.3) is 11.0 Å². The predicted molar refractivity (Wildman–Crippen MR) is 82.8 cm³/mol. The highest BCUT2D eigenvalue weighted by Gasteiger charge is 2.17. The number of aromatic amines is 1. The van der Waals surface area contributed by atoms with Gasteiger partial charge in [-0.25, -0.2) is 0 Å². The number of amides is 1. The number of rotatable bonds is 4. The van der Waals surface area contributed by atoms with Crippen LogP contribution in [0.15, 0.2) is 22.7 Å². The lowest BCUT2D eigenvalue weighted by atomic mass is 10.2. The largest absolute Gasteiger partial charge is 0.354 e. The molecule has 0 aliphatic carbocycles. The zero-order chi connectivity index (χ0) is 14.0. The summed E-state index contributed by atoms with van der Waals surface area (Å²) in [6.45, 7) is 4.57. The second-order valence-electron chi connectivity index (χ2n) is 4.43. The number of hydrogen-bond acceptors (Lipinski definition) is 2. The number of halogens is 1. The first-order chi connectivity index (χ1) is 9.04. The van der Waals surface area contributed by atoms with Crippen molar-refractivity contribution >= 4 is 45.1 Å². The third-order valence-corrected chi connectivity index (χ3v) is 3.79. The van der Waals surface area contributed by atoms with Crippen molar-refractivity contribution in [3.05, 3.63) is 27.4 Å². The molecule has 19 heavy (non-hydrogen) atoms. The summed E-state index contributed by atoms with van der Waals surface area (Å²) >= 11 is 8.74. The third kappa shape index (κ3) is 2.90. The minimum Gasteiger partial charge on any atom is -0.354 e. The normalized spacial score (nSPS) is 12.6. The van der Waals surface area contributed by atoms with Gasteiger partial charge in [-0.05, 0) is 43.8 Å². The van der Waals surface area contributed by atoms with Crippen LogP contribution < -0.4 is 5.32 Å². The lowest BCUT2D eigenvalue weighted by Crippen LogP contribution is -2.31. The summed E-state index contributed by atoms with van der Waals surface area (Å²) < 4.78 is 3.39. The number of hydrogen-bond donors (Lipinski definition) is 2. The molecule has 0 radical (unpaired) electrons. The van der Waals surface area contributed by atoms with Crippen molar-refractivity contribution in [2.45, 2.75) is 26.3 Å². The molecule has 1 unspecified atom stereocenters. The molecule has 2 aromatic rings. The summed E-state index contributed by atoms with van der Waals surface area (Å²) in [7, 11) is 0. The molecule has 1 aromatic heterocycles. The van der Waals surface area contributed by atoms with Crippen molar-refractivity contribution in [1.82, 2.24) is 14.9 Å². The number of benzene rings is 1. The van der Waals surface area contributed by atoms with E-state index in [0.717, 1.165) is 21.9 Å². The molecular formula is C13H16BrN3OS. The van der Waals surface area contributed by atoms with E-state index in [1.165, 1.54) is 0 Å². The lowest BCUT2D eigenvalue weighted by molar-refractivity contribution is -0.123. The van der Waals surface area contributed by atoms with Gasteiger partial charge in [0.2, 0.25) is 5.91 Å². The fraction of sp³-hybridized carbons (Fsp3) is 0.385. The molecular weight excluding hydrogens is 326 g/mol. The molecule has 0 spiro atoms. The monoisotopic (exact) mass is 341 g/mol. The zero-order valence-electron chi connectivity index (χ0n) is 10.9. The maximum Gasteiger partial charge on any atom is 0.242 e. The van der Waals surface area contributed by atoms with E-state index in [-0.39, 0.29) is 11.9 Å². The van der Waals surface area contributed by atoms with E-state index in [4.69, 9.17) is 12.2 Å². The van der Waals surface area contributed by atoms with E-state index in [1.54, 1.807) is 0 Å². The lowest BCUT2D eigenvalue weighted by Gasteiger charge is -2.14. The number of carbonyl (C=O) groups excluding carboxylic acids is 1. The summed E-state index contributed by atoms with van der Waals surface area (Å²) in [4.78, 5) is 15.2. The number of H-pyrrole nitrogens is 1. The fourth-order valence-corrected chi connectivity index (χ4v) is 2.73. The summed E-state index contributed by atoms with van der Waals surface area (Å²) in [5, 5.41) is 2.89. The van der Waals surface area contributed by atoms with Crippen LogP contribution in [0.4, 0.5) is 0 Å². The van der Waals surface area contributed by atoms with Gasteiger partial charge in [0.25, 0.3) is 0 Å². The Kier molecular flexibility index (Phi) is 4.42. The summed E-state index contributed by atoms with van der Waals surface area (Å²) in [5.74, 6) is -0.0123. The first-order valence-corrected chi connectivity index (χ1v) is 7.42. The Morgan fingerprint density at radius 1 is 1.58 bits per heavy atom. The number of aromatic nitrogens is 2. The second-order valence-corrected chi connectivity index (χ2v) is 5.73. The molecule has 0 bridgehead atoms. The molecule has 0 saturated carbocycles. The quantitative estimate of drug-likeness (QED) is 0.835. The molecule has 1 aromatic carbocycles. The first kappa shape index (κ1) is 14.3.